The fourth-order valence-corrected chi connectivity index (χ4v) is 1.40. The van der Waals surface area contributed by atoms with Crippen molar-refractivity contribution in [1.29, 1.82) is 0 Å². The second-order valence-electron chi connectivity index (χ2n) is 3.22. The van der Waals surface area contributed by atoms with Crippen molar-refractivity contribution in [3.05, 3.63) is 46.0 Å². The van der Waals surface area contributed by atoms with E-state index in [0.29, 0.717) is 5.56 Å². The van der Waals surface area contributed by atoms with Crippen LogP contribution in [-0.2, 0) is 4.79 Å². The van der Waals surface area contributed by atoms with Gasteiger partial charge in [0.05, 0.1) is 12.3 Å². The van der Waals surface area contributed by atoms with Crippen molar-refractivity contribution in [3.63, 3.8) is 0 Å². The summed E-state index contributed by atoms with van der Waals surface area (Å²) in [5.74, 6) is -1.58. The van der Waals surface area contributed by atoms with Crippen molar-refractivity contribution >= 4 is 5.97 Å². The molecule has 1 atom stereocenters. The maximum atomic E-state index is 10.5. The zero-order chi connectivity index (χ0) is 11.3. The highest BCUT2D eigenvalue weighted by Gasteiger charge is 2.20. The summed E-state index contributed by atoms with van der Waals surface area (Å²) in [7, 11) is 0. The number of carboxylic acids is 1. The number of hydrogen-bond donors (Lipinski definition) is 1. The zero-order valence-corrected chi connectivity index (χ0v) is 8.00. The van der Waals surface area contributed by atoms with Crippen molar-refractivity contribution in [2.24, 2.45) is 0 Å². The summed E-state index contributed by atoms with van der Waals surface area (Å²) in [6.45, 7) is -0.351. The lowest BCUT2D eigenvalue weighted by molar-refractivity contribution is -0.483. The first-order valence-electron chi connectivity index (χ1n) is 4.48. The predicted octanol–water partition coefficient (Wildman–Crippen LogP) is 1.52. The topological polar surface area (TPSA) is 80.4 Å². The number of carboxylic acid groups (broad SMARTS) is 1. The van der Waals surface area contributed by atoms with Gasteiger partial charge in [-0.05, 0) is 5.56 Å². The fourth-order valence-electron chi connectivity index (χ4n) is 1.40. The van der Waals surface area contributed by atoms with Crippen LogP contribution in [0.15, 0.2) is 30.3 Å². The molecule has 0 heterocycles. The van der Waals surface area contributed by atoms with Gasteiger partial charge in [0.1, 0.15) is 0 Å². The van der Waals surface area contributed by atoms with Gasteiger partial charge in [-0.15, -0.1) is 0 Å². The molecule has 5 heteroatoms. The average Bonchev–Trinajstić information content (AvgIpc) is 2.17. The molecule has 0 unspecified atom stereocenters. The molecule has 0 aliphatic heterocycles. The summed E-state index contributed by atoms with van der Waals surface area (Å²) in [6.07, 6.45) is -0.217. The number of aliphatic carboxylic acids is 1. The van der Waals surface area contributed by atoms with Crippen LogP contribution in [0.5, 0.6) is 0 Å². The molecule has 5 nitrogen and oxygen atoms in total. The Balaban J connectivity index is 2.81. The van der Waals surface area contributed by atoms with E-state index < -0.39 is 16.8 Å². The molecule has 1 aromatic rings. The van der Waals surface area contributed by atoms with Crippen LogP contribution in [0.25, 0.3) is 0 Å². The second-order valence-corrected chi connectivity index (χ2v) is 3.22. The number of rotatable bonds is 5. The van der Waals surface area contributed by atoms with Crippen LogP contribution in [0.4, 0.5) is 0 Å². The van der Waals surface area contributed by atoms with Gasteiger partial charge in [-0.1, -0.05) is 30.3 Å². The monoisotopic (exact) mass is 209 g/mol. The van der Waals surface area contributed by atoms with Crippen molar-refractivity contribution in [3.8, 4) is 0 Å². The molecule has 15 heavy (non-hydrogen) atoms. The van der Waals surface area contributed by atoms with E-state index in [1.165, 1.54) is 0 Å². The average molecular weight is 209 g/mol. The Morgan fingerprint density at radius 2 is 2.00 bits per heavy atom. The molecule has 0 amide bonds. The molecule has 0 spiro atoms. The first-order valence-corrected chi connectivity index (χ1v) is 4.48. The van der Waals surface area contributed by atoms with E-state index in [2.05, 4.69) is 0 Å². The predicted molar refractivity (Wildman–Crippen MR) is 53.3 cm³/mol. The Hall–Kier alpha value is -1.91. The molecule has 0 aliphatic rings. The van der Waals surface area contributed by atoms with Crippen LogP contribution >= 0.6 is 0 Å². The van der Waals surface area contributed by atoms with Gasteiger partial charge in [0.25, 0.3) is 0 Å². The SMILES string of the molecule is O=C(O)C[C@H](C[N+](=O)[O-])c1ccccc1. The molecule has 0 saturated carbocycles. The van der Waals surface area contributed by atoms with Crippen LogP contribution < -0.4 is 0 Å². The molecule has 0 saturated heterocycles. The summed E-state index contributed by atoms with van der Waals surface area (Å²) in [6, 6.07) is 8.68. The molecule has 0 bridgehead atoms. The number of carbonyl (C=O) groups is 1. The van der Waals surface area contributed by atoms with Crippen molar-refractivity contribution in [2.75, 3.05) is 6.54 Å². The van der Waals surface area contributed by atoms with Crippen LogP contribution in [-0.4, -0.2) is 22.5 Å². The maximum Gasteiger partial charge on any atom is 0.304 e. The summed E-state index contributed by atoms with van der Waals surface area (Å²) in [5.41, 5.74) is 0.691. The molecule has 0 aliphatic carbocycles. The molecular weight excluding hydrogens is 198 g/mol. The molecular formula is C10H11NO4. The van der Waals surface area contributed by atoms with Gasteiger partial charge in [0.15, 0.2) is 0 Å². The van der Waals surface area contributed by atoms with Crippen LogP contribution in [0.3, 0.4) is 0 Å². The van der Waals surface area contributed by atoms with Gasteiger partial charge in [-0.25, -0.2) is 0 Å². The Labute approximate surface area is 86.5 Å². The van der Waals surface area contributed by atoms with Gasteiger partial charge in [-0.3, -0.25) is 14.9 Å². The highest BCUT2D eigenvalue weighted by atomic mass is 16.6. The zero-order valence-electron chi connectivity index (χ0n) is 8.00. The van der Waals surface area contributed by atoms with Crippen LogP contribution in [0.2, 0.25) is 0 Å². The van der Waals surface area contributed by atoms with Crippen LogP contribution in [0.1, 0.15) is 17.9 Å². The number of hydrogen-bond acceptors (Lipinski definition) is 3. The third-order valence-corrected chi connectivity index (χ3v) is 2.06. The first kappa shape index (κ1) is 11.2. The third kappa shape index (κ3) is 3.76. The summed E-state index contributed by atoms with van der Waals surface area (Å²) in [5, 5.41) is 19.0. The largest absolute Gasteiger partial charge is 0.481 e. The smallest absolute Gasteiger partial charge is 0.304 e. The highest BCUT2D eigenvalue weighted by molar-refractivity contribution is 5.68. The third-order valence-electron chi connectivity index (χ3n) is 2.06. The number of benzene rings is 1. The van der Waals surface area contributed by atoms with Crippen LogP contribution in [0, 0.1) is 10.1 Å². The molecule has 0 fully saturated rings. The minimum absolute atomic E-state index is 0.217. The summed E-state index contributed by atoms with van der Waals surface area (Å²) >= 11 is 0. The Morgan fingerprint density at radius 1 is 1.40 bits per heavy atom. The Bertz CT molecular complexity index is 334. The van der Waals surface area contributed by atoms with E-state index in [1.54, 1.807) is 30.3 Å². The number of nitrogens with zero attached hydrogens (tertiary/aromatic N) is 1. The lowest BCUT2D eigenvalue weighted by Crippen LogP contribution is -2.16. The first-order chi connectivity index (χ1) is 7.09. The fraction of sp³-hybridized carbons (Fsp3) is 0.300. The normalized spacial score (nSPS) is 12.0. The van der Waals surface area contributed by atoms with Gasteiger partial charge in [0, 0.05) is 4.92 Å². The summed E-state index contributed by atoms with van der Waals surface area (Å²) < 4.78 is 0. The highest BCUT2D eigenvalue weighted by Crippen LogP contribution is 2.19. The van der Waals surface area contributed by atoms with E-state index in [9.17, 15) is 14.9 Å². The van der Waals surface area contributed by atoms with Crippen molar-refractivity contribution < 1.29 is 14.8 Å². The van der Waals surface area contributed by atoms with E-state index in [-0.39, 0.29) is 13.0 Å². The van der Waals surface area contributed by atoms with Gasteiger partial charge >= 0.3 is 5.97 Å². The lowest BCUT2D eigenvalue weighted by atomic mass is 9.96. The van der Waals surface area contributed by atoms with Gasteiger partial charge < -0.3 is 5.11 Å². The molecule has 80 valence electrons. The molecule has 0 radical (unpaired) electrons. The minimum atomic E-state index is -1.02. The molecule has 0 aromatic heterocycles. The van der Waals surface area contributed by atoms with Gasteiger partial charge in [0.2, 0.25) is 6.54 Å². The van der Waals surface area contributed by atoms with E-state index in [4.69, 9.17) is 5.11 Å². The Morgan fingerprint density at radius 3 is 2.47 bits per heavy atom. The molecule has 1 aromatic carbocycles. The number of nitro groups is 1. The second kappa shape index (κ2) is 5.09. The van der Waals surface area contributed by atoms with Gasteiger partial charge in [-0.2, -0.15) is 0 Å². The van der Waals surface area contributed by atoms with E-state index >= 15 is 0 Å². The van der Waals surface area contributed by atoms with E-state index in [0.717, 1.165) is 0 Å². The lowest BCUT2D eigenvalue weighted by Gasteiger charge is -2.09. The standard InChI is InChI=1S/C10H11NO4/c12-10(13)6-9(7-11(14)15)8-4-2-1-3-5-8/h1-5,9H,6-7H2,(H,12,13)/t9-/m1/s1. The quantitative estimate of drug-likeness (QED) is 0.588. The van der Waals surface area contributed by atoms with Crippen molar-refractivity contribution in [1.82, 2.24) is 0 Å². The minimum Gasteiger partial charge on any atom is -0.481 e. The van der Waals surface area contributed by atoms with Crippen molar-refractivity contribution in [2.45, 2.75) is 12.3 Å². The molecule has 1 rings (SSSR count). The molecule has 1 N–H and O–H groups in total. The van der Waals surface area contributed by atoms with E-state index in [1.807, 2.05) is 0 Å². The maximum absolute atomic E-state index is 10.5. The summed E-state index contributed by atoms with van der Waals surface area (Å²) in [4.78, 5) is 20.4. The Kier molecular flexibility index (Phi) is 3.79.